The van der Waals surface area contributed by atoms with E-state index in [-0.39, 0.29) is 11.7 Å². The van der Waals surface area contributed by atoms with Crippen molar-refractivity contribution in [3.63, 3.8) is 0 Å². The average Bonchev–Trinajstić information content (AvgIpc) is 2.74. The molecule has 4 nitrogen and oxygen atoms in total. The van der Waals surface area contributed by atoms with Gasteiger partial charge < -0.3 is 9.64 Å². The zero-order valence-corrected chi connectivity index (χ0v) is 16.5. The number of hydrogen-bond acceptors (Lipinski definition) is 3. The van der Waals surface area contributed by atoms with Crippen molar-refractivity contribution in [3.05, 3.63) is 71.5 Å². The molecule has 0 atom stereocenters. The lowest BCUT2D eigenvalue weighted by molar-refractivity contribution is 0.0617. The van der Waals surface area contributed by atoms with Crippen LogP contribution in [0.5, 0.6) is 0 Å². The molecular formula is C23H29FN2O2. The number of nitrogens with zero attached hydrogens (tertiary/aromatic N) is 2. The van der Waals surface area contributed by atoms with E-state index in [4.69, 9.17) is 4.74 Å². The van der Waals surface area contributed by atoms with Crippen LogP contribution in [0.3, 0.4) is 0 Å². The van der Waals surface area contributed by atoms with E-state index in [0.717, 1.165) is 43.6 Å². The Bertz CT molecular complexity index is 745. The van der Waals surface area contributed by atoms with Gasteiger partial charge in [-0.3, -0.25) is 9.69 Å². The fourth-order valence-electron chi connectivity index (χ4n) is 3.75. The second kappa shape index (κ2) is 10.3. The molecule has 0 aromatic heterocycles. The summed E-state index contributed by atoms with van der Waals surface area (Å²) >= 11 is 0. The first-order valence-corrected chi connectivity index (χ1v) is 9.96. The van der Waals surface area contributed by atoms with Crippen molar-refractivity contribution in [1.29, 1.82) is 0 Å². The van der Waals surface area contributed by atoms with Crippen molar-refractivity contribution >= 4 is 5.91 Å². The molecule has 0 bridgehead atoms. The molecule has 1 aliphatic heterocycles. The highest BCUT2D eigenvalue weighted by molar-refractivity contribution is 5.94. The summed E-state index contributed by atoms with van der Waals surface area (Å²) in [5, 5.41) is 0. The predicted octanol–water partition coefficient (Wildman–Crippen LogP) is 3.83. The number of rotatable bonds is 8. The fraction of sp³-hybridized carbons (Fsp3) is 0.435. The first kappa shape index (κ1) is 20.5. The van der Waals surface area contributed by atoms with Crippen LogP contribution in [0.4, 0.5) is 4.39 Å². The number of amides is 1. The van der Waals surface area contributed by atoms with Gasteiger partial charge in [-0.05, 0) is 50.0 Å². The van der Waals surface area contributed by atoms with E-state index in [1.165, 1.54) is 6.07 Å². The first-order valence-electron chi connectivity index (χ1n) is 9.96. The summed E-state index contributed by atoms with van der Waals surface area (Å²) in [6.45, 7) is 4.37. The van der Waals surface area contributed by atoms with Gasteiger partial charge in [0.2, 0.25) is 0 Å². The van der Waals surface area contributed by atoms with Gasteiger partial charge in [0, 0.05) is 37.9 Å². The molecule has 1 heterocycles. The van der Waals surface area contributed by atoms with Crippen LogP contribution in [0.1, 0.15) is 28.8 Å². The van der Waals surface area contributed by atoms with Crippen molar-refractivity contribution in [2.24, 2.45) is 5.92 Å². The minimum absolute atomic E-state index is 0.0615. The highest BCUT2D eigenvalue weighted by Crippen LogP contribution is 2.21. The molecule has 5 heteroatoms. The highest BCUT2D eigenvalue weighted by Gasteiger charge is 2.24. The van der Waals surface area contributed by atoms with Gasteiger partial charge in [0.1, 0.15) is 5.82 Å². The third-order valence-electron chi connectivity index (χ3n) is 5.41. The minimum Gasteiger partial charge on any atom is -0.383 e. The molecule has 1 saturated heterocycles. The summed E-state index contributed by atoms with van der Waals surface area (Å²) in [6.07, 6.45) is 2.03. The van der Waals surface area contributed by atoms with Crippen molar-refractivity contribution in [1.82, 2.24) is 9.80 Å². The second-order valence-corrected chi connectivity index (χ2v) is 7.42. The Morgan fingerprint density at radius 3 is 2.46 bits per heavy atom. The zero-order valence-electron chi connectivity index (χ0n) is 16.5. The lowest BCUT2D eigenvalue weighted by Gasteiger charge is -2.35. The molecule has 2 aromatic rings. The van der Waals surface area contributed by atoms with E-state index < -0.39 is 0 Å². The maximum Gasteiger partial charge on any atom is 0.253 e. The Morgan fingerprint density at radius 1 is 1.11 bits per heavy atom. The monoisotopic (exact) mass is 384 g/mol. The smallest absolute Gasteiger partial charge is 0.253 e. The third-order valence-corrected chi connectivity index (χ3v) is 5.41. The molecule has 28 heavy (non-hydrogen) atoms. The molecule has 0 unspecified atom stereocenters. The molecule has 0 radical (unpaired) electrons. The summed E-state index contributed by atoms with van der Waals surface area (Å²) in [5.41, 5.74) is 1.47. The maximum atomic E-state index is 13.9. The average molecular weight is 384 g/mol. The number of piperidine rings is 1. The Morgan fingerprint density at radius 2 is 1.79 bits per heavy atom. The lowest BCUT2D eigenvalue weighted by atomic mass is 9.95. The van der Waals surface area contributed by atoms with Gasteiger partial charge in [-0.1, -0.05) is 36.4 Å². The van der Waals surface area contributed by atoms with Crippen LogP contribution in [0.2, 0.25) is 0 Å². The van der Waals surface area contributed by atoms with Crippen LogP contribution in [0.15, 0.2) is 54.6 Å². The van der Waals surface area contributed by atoms with Crippen molar-refractivity contribution in [3.8, 4) is 0 Å². The van der Waals surface area contributed by atoms with Crippen molar-refractivity contribution in [2.75, 3.05) is 39.9 Å². The van der Waals surface area contributed by atoms with E-state index in [2.05, 4.69) is 4.90 Å². The number of benzene rings is 2. The van der Waals surface area contributed by atoms with Crippen LogP contribution in [-0.4, -0.2) is 55.6 Å². The molecule has 0 saturated carbocycles. The molecule has 0 aliphatic carbocycles. The van der Waals surface area contributed by atoms with Gasteiger partial charge in [-0.25, -0.2) is 4.39 Å². The van der Waals surface area contributed by atoms with Gasteiger partial charge in [0.05, 0.1) is 6.61 Å². The van der Waals surface area contributed by atoms with E-state index in [9.17, 15) is 9.18 Å². The second-order valence-electron chi connectivity index (χ2n) is 7.42. The number of ether oxygens (including phenoxy) is 1. The number of carbonyl (C=O) groups excluding carboxylic acids is 1. The molecule has 0 N–H and O–H groups in total. The summed E-state index contributed by atoms with van der Waals surface area (Å²) in [5.74, 6) is 0.386. The van der Waals surface area contributed by atoms with Gasteiger partial charge in [-0.2, -0.15) is 0 Å². The third kappa shape index (κ3) is 5.63. The van der Waals surface area contributed by atoms with Gasteiger partial charge in [-0.15, -0.1) is 0 Å². The molecular weight excluding hydrogens is 355 g/mol. The number of halogens is 1. The Kier molecular flexibility index (Phi) is 7.57. The van der Waals surface area contributed by atoms with Crippen LogP contribution < -0.4 is 0 Å². The standard InChI is InChI=1S/C23H29FN2O2/c1-28-16-15-26(23(27)20-7-3-2-4-8-20)17-19-11-13-25(14-12-19)18-21-9-5-6-10-22(21)24/h2-10,19H,11-18H2,1H3. The highest BCUT2D eigenvalue weighted by atomic mass is 19.1. The van der Waals surface area contributed by atoms with Crippen molar-refractivity contribution < 1.29 is 13.9 Å². The van der Waals surface area contributed by atoms with E-state index in [1.807, 2.05) is 47.4 Å². The quantitative estimate of drug-likeness (QED) is 0.694. The van der Waals surface area contributed by atoms with Gasteiger partial charge >= 0.3 is 0 Å². The largest absolute Gasteiger partial charge is 0.383 e. The summed E-state index contributed by atoms with van der Waals surface area (Å²) in [4.78, 5) is 17.1. The number of methoxy groups -OCH3 is 1. The number of hydrogen-bond donors (Lipinski definition) is 0. The number of carbonyl (C=O) groups is 1. The Balaban J connectivity index is 1.54. The topological polar surface area (TPSA) is 32.8 Å². The van der Waals surface area contributed by atoms with Gasteiger partial charge in [0.25, 0.3) is 5.91 Å². The SMILES string of the molecule is COCCN(CC1CCN(Cc2ccccc2F)CC1)C(=O)c1ccccc1. The summed E-state index contributed by atoms with van der Waals surface area (Å²) < 4.78 is 19.1. The molecule has 1 aliphatic rings. The molecule has 1 fully saturated rings. The van der Waals surface area contributed by atoms with Crippen molar-refractivity contribution in [2.45, 2.75) is 19.4 Å². The normalized spacial score (nSPS) is 15.5. The summed E-state index contributed by atoms with van der Waals surface area (Å²) in [7, 11) is 1.66. The van der Waals surface area contributed by atoms with Crippen LogP contribution in [0, 0.1) is 11.7 Å². The molecule has 1 amide bonds. The number of likely N-dealkylation sites (tertiary alicyclic amines) is 1. The Labute approximate surface area is 166 Å². The Hall–Kier alpha value is -2.24. The van der Waals surface area contributed by atoms with Crippen LogP contribution in [-0.2, 0) is 11.3 Å². The maximum absolute atomic E-state index is 13.9. The summed E-state index contributed by atoms with van der Waals surface area (Å²) in [6, 6.07) is 16.4. The van der Waals surface area contributed by atoms with E-state index in [0.29, 0.717) is 25.6 Å². The lowest BCUT2D eigenvalue weighted by Crippen LogP contribution is -2.42. The minimum atomic E-state index is -0.135. The van der Waals surface area contributed by atoms with Gasteiger partial charge in [0.15, 0.2) is 0 Å². The predicted molar refractivity (Wildman–Crippen MR) is 109 cm³/mol. The first-order chi connectivity index (χ1) is 13.7. The van der Waals surface area contributed by atoms with Crippen LogP contribution in [0.25, 0.3) is 0 Å². The fourth-order valence-corrected chi connectivity index (χ4v) is 3.75. The molecule has 3 rings (SSSR count). The van der Waals surface area contributed by atoms with E-state index in [1.54, 1.807) is 13.2 Å². The van der Waals surface area contributed by atoms with Crippen LogP contribution >= 0.6 is 0 Å². The van der Waals surface area contributed by atoms with E-state index >= 15 is 0 Å². The molecule has 2 aromatic carbocycles. The molecule has 150 valence electrons. The zero-order chi connectivity index (χ0) is 19.8. The molecule has 0 spiro atoms.